The van der Waals surface area contributed by atoms with Crippen LogP contribution in [-0.4, -0.2) is 5.91 Å². The van der Waals surface area contributed by atoms with Crippen LogP contribution >= 0.6 is 0 Å². The van der Waals surface area contributed by atoms with Crippen molar-refractivity contribution in [3.05, 3.63) is 11.8 Å². The Kier molecular flexibility index (Phi) is 6.44. The lowest BCUT2D eigenvalue weighted by Gasteiger charge is -2.57. The molecule has 4 rings (SSSR count). The monoisotopic (exact) mass is 413 g/mol. The molecular weight excluding hydrogens is 366 g/mol. The summed E-state index contributed by atoms with van der Waals surface area (Å²) in [4.78, 5) is 12.0. The van der Waals surface area contributed by atoms with Gasteiger partial charge in [-0.1, -0.05) is 72.8 Å². The molecule has 0 aromatic rings. The number of amides is 1. The Morgan fingerprint density at radius 1 is 1.07 bits per heavy atom. The molecule has 1 heterocycles. The van der Waals surface area contributed by atoms with Crippen molar-refractivity contribution in [2.24, 2.45) is 46.3 Å². The molecule has 2 saturated carbocycles. The smallest absolute Gasteiger partial charge is 0.224 e. The summed E-state index contributed by atoms with van der Waals surface area (Å²) in [5, 5.41) is 3.25. The summed E-state index contributed by atoms with van der Waals surface area (Å²) in [6.45, 7) is 12.5. The standard InChI is InChI=1S/C28H47NO/c1-6-8-19(2)9-7-10-20(3)22-12-13-23-21-11-14-25-28(5,18-16-26(30)29-25)24(21)15-17-27(22,23)4/h14,19-24H,6-13,15-18H2,1-5H3,(H,29,30)/t19?,20-,21+,22-,23+,24+,27-,28-/m1/s1. The number of hydrogen-bond donors (Lipinski definition) is 1. The molecule has 2 heteroatoms. The van der Waals surface area contributed by atoms with Crippen molar-refractivity contribution in [3.8, 4) is 0 Å². The van der Waals surface area contributed by atoms with Crippen LogP contribution < -0.4 is 5.32 Å². The number of carbonyl (C=O) groups excluding carboxylic acids is 1. The van der Waals surface area contributed by atoms with E-state index in [1.165, 1.54) is 69.9 Å². The average molecular weight is 414 g/mol. The van der Waals surface area contributed by atoms with Crippen molar-refractivity contribution in [3.63, 3.8) is 0 Å². The molecule has 3 fully saturated rings. The van der Waals surface area contributed by atoms with Gasteiger partial charge in [0, 0.05) is 17.5 Å². The largest absolute Gasteiger partial charge is 0.330 e. The first-order valence-electron chi connectivity index (χ1n) is 13.3. The van der Waals surface area contributed by atoms with Crippen LogP contribution in [0, 0.1) is 46.3 Å². The molecule has 0 bridgehead atoms. The molecule has 30 heavy (non-hydrogen) atoms. The first-order valence-corrected chi connectivity index (χ1v) is 13.3. The van der Waals surface area contributed by atoms with Gasteiger partial charge >= 0.3 is 0 Å². The van der Waals surface area contributed by atoms with Crippen molar-refractivity contribution in [1.82, 2.24) is 5.32 Å². The predicted molar refractivity (Wildman–Crippen MR) is 126 cm³/mol. The van der Waals surface area contributed by atoms with E-state index < -0.39 is 0 Å². The molecule has 170 valence electrons. The van der Waals surface area contributed by atoms with E-state index in [1.807, 2.05) is 0 Å². The van der Waals surface area contributed by atoms with Crippen LogP contribution in [0.1, 0.15) is 112 Å². The van der Waals surface area contributed by atoms with Gasteiger partial charge in [-0.3, -0.25) is 4.79 Å². The number of allylic oxidation sites excluding steroid dienone is 2. The molecule has 1 aliphatic heterocycles. The van der Waals surface area contributed by atoms with Gasteiger partial charge in [0.1, 0.15) is 0 Å². The quantitative estimate of drug-likeness (QED) is 0.460. The van der Waals surface area contributed by atoms with Crippen LogP contribution in [0.3, 0.4) is 0 Å². The zero-order chi connectivity index (χ0) is 21.5. The minimum atomic E-state index is 0.220. The average Bonchev–Trinajstić information content (AvgIpc) is 3.06. The van der Waals surface area contributed by atoms with E-state index >= 15 is 0 Å². The molecule has 2 nitrogen and oxygen atoms in total. The summed E-state index contributed by atoms with van der Waals surface area (Å²) in [6, 6.07) is 0. The molecule has 1 saturated heterocycles. The number of piperidine rings is 1. The molecule has 3 aliphatic carbocycles. The molecule has 0 spiro atoms. The van der Waals surface area contributed by atoms with Gasteiger partial charge in [0.05, 0.1) is 0 Å². The summed E-state index contributed by atoms with van der Waals surface area (Å²) in [7, 11) is 0. The van der Waals surface area contributed by atoms with Gasteiger partial charge in [-0.05, 0) is 79.4 Å². The van der Waals surface area contributed by atoms with Crippen molar-refractivity contribution < 1.29 is 4.79 Å². The Bertz CT molecular complexity index is 668. The van der Waals surface area contributed by atoms with Crippen molar-refractivity contribution in [2.75, 3.05) is 0 Å². The van der Waals surface area contributed by atoms with Gasteiger partial charge in [0.25, 0.3) is 0 Å². The number of nitrogens with one attached hydrogen (secondary N) is 1. The molecule has 4 aliphatic rings. The fraction of sp³-hybridized carbons (Fsp3) is 0.893. The van der Waals surface area contributed by atoms with Crippen LogP contribution in [0.2, 0.25) is 0 Å². The summed E-state index contributed by atoms with van der Waals surface area (Å²) < 4.78 is 0. The highest BCUT2D eigenvalue weighted by Crippen LogP contribution is 2.66. The lowest BCUT2D eigenvalue weighted by atomic mass is 9.48. The normalized spacial score (nSPS) is 42.4. The zero-order valence-corrected chi connectivity index (χ0v) is 20.4. The maximum Gasteiger partial charge on any atom is 0.224 e. The molecule has 8 atom stereocenters. The van der Waals surface area contributed by atoms with E-state index in [0.29, 0.717) is 5.41 Å². The fourth-order valence-corrected chi connectivity index (χ4v) is 8.80. The van der Waals surface area contributed by atoms with E-state index in [-0.39, 0.29) is 11.3 Å². The Labute approximate surface area is 186 Å². The minimum absolute atomic E-state index is 0.220. The van der Waals surface area contributed by atoms with Crippen LogP contribution in [-0.2, 0) is 4.79 Å². The van der Waals surface area contributed by atoms with Gasteiger partial charge in [-0.25, -0.2) is 0 Å². The third kappa shape index (κ3) is 3.79. The van der Waals surface area contributed by atoms with E-state index in [1.54, 1.807) is 0 Å². The molecule has 1 unspecified atom stereocenters. The second kappa shape index (κ2) is 8.62. The van der Waals surface area contributed by atoms with Gasteiger partial charge in [-0.15, -0.1) is 0 Å². The molecular formula is C28H47NO. The second-order valence-corrected chi connectivity index (χ2v) is 12.2. The Morgan fingerprint density at radius 3 is 2.63 bits per heavy atom. The van der Waals surface area contributed by atoms with E-state index in [0.717, 1.165) is 48.3 Å². The van der Waals surface area contributed by atoms with Crippen molar-refractivity contribution in [2.45, 2.75) is 112 Å². The number of carbonyl (C=O) groups is 1. The third-order valence-corrected chi connectivity index (χ3v) is 10.5. The van der Waals surface area contributed by atoms with Crippen LogP contribution in [0.5, 0.6) is 0 Å². The van der Waals surface area contributed by atoms with Gasteiger partial charge < -0.3 is 5.32 Å². The van der Waals surface area contributed by atoms with Crippen molar-refractivity contribution in [1.29, 1.82) is 0 Å². The van der Waals surface area contributed by atoms with E-state index in [2.05, 4.69) is 46.0 Å². The van der Waals surface area contributed by atoms with Gasteiger partial charge in [-0.2, -0.15) is 0 Å². The Balaban J connectivity index is 1.43. The lowest BCUT2D eigenvalue weighted by molar-refractivity contribution is -0.125. The topological polar surface area (TPSA) is 29.1 Å². The SMILES string of the molecule is CCCC(C)CCC[C@@H](C)[C@H]1CC[C@H]2[C@@H]3CC=C4NC(=O)CC[C@]4(C)[C@H]3CC[C@]12C. The highest BCUT2D eigenvalue weighted by molar-refractivity contribution is 5.79. The molecule has 0 aromatic heterocycles. The number of fused-ring (bicyclic) bond motifs is 5. The third-order valence-electron chi connectivity index (χ3n) is 10.5. The zero-order valence-electron chi connectivity index (χ0n) is 20.4. The van der Waals surface area contributed by atoms with Crippen LogP contribution in [0.4, 0.5) is 0 Å². The Morgan fingerprint density at radius 2 is 1.87 bits per heavy atom. The maximum atomic E-state index is 12.0. The highest BCUT2D eigenvalue weighted by Gasteiger charge is 2.59. The molecule has 0 aromatic carbocycles. The van der Waals surface area contributed by atoms with Crippen LogP contribution in [0.25, 0.3) is 0 Å². The molecule has 1 N–H and O–H groups in total. The van der Waals surface area contributed by atoms with E-state index in [4.69, 9.17) is 0 Å². The summed E-state index contributed by atoms with van der Waals surface area (Å²) in [5.41, 5.74) is 2.04. The number of rotatable bonds is 7. The Hall–Kier alpha value is -0.790. The predicted octanol–water partition coefficient (Wildman–Crippen LogP) is 7.49. The van der Waals surface area contributed by atoms with Gasteiger partial charge in [0.15, 0.2) is 0 Å². The summed E-state index contributed by atoms with van der Waals surface area (Å²) in [6.07, 6.45) is 18.1. The second-order valence-electron chi connectivity index (χ2n) is 12.2. The van der Waals surface area contributed by atoms with Crippen molar-refractivity contribution >= 4 is 5.91 Å². The first-order chi connectivity index (χ1) is 14.3. The molecule has 1 amide bonds. The molecule has 0 radical (unpaired) electrons. The highest BCUT2D eigenvalue weighted by atomic mass is 16.1. The van der Waals surface area contributed by atoms with Gasteiger partial charge in [0.2, 0.25) is 5.91 Å². The number of hydrogen-bond acceptors (Lipinski definition) is 1. The first kappa shape index (κ1) is 22.4. The fourth-order valence-electron chi connectivity index (χ4n) is 8.80. The van der Waals surface area contributed by atoms with E-state index in [9.17, 15) is 4.79 Å². The minimum Gasteiger partial charge on any atom is -0.330 e. The lowest BCUT2D eigenvalue weighted by Crippen LogP contribution is -2.53. The summed E-state index contributed by atoms with van der Waals surface area (Å²) >= 11 is 0. The maximum absolute atomic E-state index is 12.0. The summed E-state index contributed by atoms with van der Waals surface area (Å²) in [5.74, 6) is 5.47. The van der Waals surface area contributed by atoms with Crippen LogP contribution in [0.15, 0.2) is 11.8 Å².